The average molecular weight is 262 g/mol. The number of hydrogen-bond acceptors (Lipinski definition) is 5. The summed E-state index contributed by atoms with van der Waals surface area (Å²) < 4.78 is 0. The molecule has 0 aromatic carbocycles. The van der Waals surface area contributed by atoms with Crippen molar-refractivity contribution in [3.8, 4) is 0 Å². The summed E-state index contributed by atoms with van der Waals surface area (Å²) in [6.45, 7) is 2.55. The van der Waals surface area contributed by atoms with E-state index in [0.717, 1.165) is 36.0 Å². The topological polar surface area (TPSA) is 41.1 Å². The third-order valence-electron chi connectivity index (χ3n) is 2.52. The molecule has 4 nitrogen and oxygen atoms in total. The first-order chi connectivity index (χ1) is 8.78. The van der Waals surface area contributed by atoms with E-state index in [9.17, 15) is 0 Å². The van der Waals surface area contributed by atoms with E-state index in [1.165, 1.54) is 0 Å². The second-order valence-electron chi connectivity index (χ2n) is 4.26. The van der Waals surface area contributed by atoms with Gasteiger partial charge in [0.15, 0.2) is 0 Å². The molecule has 0 aliphatic rings. The maximum atomic E-state index is 4.58. The van der Waals surface area contributed by atoms with Crippen LogP contribution in [0.25, 0.3) is 0 Å². The molecule has 1 N–H and O–H groups in total. The molecule has 0 atom stereocenters. The summed E-state index contributed by atoms with van der Waals surface area (Å²) in [6.07, 6.45) is 1.83. The summed E-state index contributed by atoms with van der Waals surface area (Å²) in [5, 5.41) is 6.38. The van der Waals surface area contributed by atoms with Crippen molar-refractivity contribution in [1.82, 2.24) is 20.2 Å². The molecule has 0 aliphatic carbocycles. The lowest BCUT2D eigenvalue weighted by molar-refractivity contribution is 0.311. The van der Waals surface area contributed by atoms with Crippen LogP contribution in [0.2, 0.25) is 0 Å². The van der Waals surface area contributed by atoms with Crippen LogP contribution in [-0.2, 0) is 19.6 Å². The summed E-state index contributed by atoms with van der Waals surface area (Å²) in [5.74, 6) is 0. The average Bonchev–Trinajstić information content (AvgIpc) is 2.78. The number of pyridine rings is 1. The van der Waals surface area contributed by atoms with Gasteiger partial charge in [-0.3, -0.25) is 9.88 Å². The Bertz CT molecular complexity index is 469. The highest BCUT2D eigenvalue weighted by Gasteiger charge is 2.06. The third-order valence-corrected chi connectivity index (χ3v) is 3.41. The standard InChI is InChI=1S/C13H18N4S/c1-14-7-13-16-12(10-18-13)9-17(2)8-11-5-3-4-6-15-11/h3-6,10,14H,7-9H2,1-2H3. The van der Waals surface area contributed by atoms with E-state index in [1.807, 2.05) is 31.4 Å². The fourth-order valence-corrected chi connectivity index (χ4v) is 2.55. The summed E-state index contributed by atoms with van der Waals surface area (Å²) in [7, 11) is 4.03. The van der Waals surface area contributed by atoms with Crippen LogP contribution in [0, 0.1) is 0 Å². The van der Waals surface area contributed by atoms with Crippen LogP contribution in [0.3, 0.4) is 0 Å². The SMILES string of the molecule is CNCc1nc(CN(C)Cc2ccccn2)cs1. The second kappa shape index (κ2) is 6.58. The van der Waals surface area contributed by atoms with Gasteiger partial charge in [0.25, 0.3) is 0 Å². The molecule has 0 unspecified atom stereocenters. The van der Waals surface area contributed by atoms with Gasteiger partial charge in [0, 0.05) is 31.2 Å². The molecule has 2 aromatic rings. The van der Waals surface area contributed by atoms with Crippen LogP contribution in [0.1, 0.15) is 16.4 Å². The molecule has 0 radical (unpaired) electrons. The van der Waals surface area contributed by atoms with Crippen molar-refractivity contribution in [2.75, 3.05) is 14.1 Å². The van der Waals surface area contributed by atoms with Gasteiger partial charge in [-0.25, -0.2) is 4.98 Å². The van der Waals surface area contributed by atoms with Crippen molar-refractivity contribution in [3.63, 3.8) is 0 Å². The largest absolute Gasteiger partial charge is 0.314 e. The molecule has 0 bridgehead atoms. The third kappa shape index (κ3) is 3.87. The Morgan fingerprint density at radius 1 is 1.28 bits per heavy atom. The Morgan fingerprint density at radius 2 is 2.11 bits per heavy atom. The summed E-state index contributed by atoms with van der Waals surface area (Å²) in [5.41, 5.74) is 2.22. The fourth-order valence-electron chi connectivity index (χ4n) is 1.75. The van der Waals surface area contributed by atoms with Crippen LogP contribution >= 0.6 is 11.3 Å². The maximum absolute atomic E-state index is 4.58. The van der Waals surface area contributed by atoms with Crippen LogP contribution in [0.4, 0.5) is 0 Å². The van der Waals surface area contributed by atoms with Gasteiger partial charge in [0.1, 0.15) is 5.01 Å². The predicted molar refractivity (Wildman–Crippen MR) is 74.3 cm³/mol. The van der Waals surface area contributed by atoms with Gasteiger partial charge < -0.3 is 5.32 Å². The Hall–Kier alpha value is -1.30. The highest BCUT2D eigenvalue weighted by molar-refractivity contribution is 7.09. The predicted octanol–water partition coefficient (Wildman–Crippen LogP) is 1.89. The molecule has 96 valence electrons. The molecule has 5 heteroatoms. The highest BCUT2D eigenvalue weighted by Crippen LogP contribution is 2.12. The zero-order valence-corrected chi connectivity index (χ0v) is 11.6. The van der Waals surface area contributed by atoms with Gasteiger partial charge in [0.2, 0.25) is 0 Å². The lowest BCUT2D eigenvalue weighted by Crippen LogP contribution is -2.18. The highest BCUT2D eigenvalue weighted by atomic mass is 32.1. The fraction of sp³-hybridized carbons (Fsp3) is 0.385. The van der Waals surface area contributed by atoms with E-state index >= 15 is 0 Å². The zero-order valence-electron chi connectivity index (χ0n) is 10.8. The zero-order chi connectivity index (χ0) is 12.8. The van der Waals surface area contributed by atoms with Crippen molar-refractivity contribution in [1.29, 1.82) is 0 Å². The van der Waals surface area contributed by atoms with Crippen molar-refractivity contribution < 1.29 is 0 Å². The summed E-state index contributed by atoms with van der Waals surface area (Å²) >= 11 is 1.71. The molecule has 0 fully saturated rings. The normalized spacial score (nSPS) is 11.1. The van der Waals surface area contributed by atoms with E-state index in [0.29, 0.717) is 0 Å². The summed E-state index contributed by atoms with van der Waals surface area (Å²) in [4.78, 5) is 11.1. The summed E-state index contributed by atoms with van der Waals surface area (Å²) in [6, 6.07) is 6.00. The van der Waals surface area contributed by atoms with E-state index < -0.39 is 0 Å². The first-order valence-corrected chi connectivity index (χ1v) is 6.82. The minimum atomic E-state index is 0.842. The second-order valence-corrected chi connectivity index (χ2v) is 5.20. The first-order valence-electron chi connectivity index (χ1n) is 5.94. The lowest BCUT2D eigenvalue weighted by atomic mass is 10.3. The van der Waals surface area contributed by atoms with Crippen LogP contribution < -0.4 is 5.32 Å². The number of rotatable bonds is 6. The van der Waals surface area contributed by atoms with E-state index in [-0.39, 0.29) is 0 Å². The van der Waals surface area contributed by atoms with E-state index in [1.54, 1.807) is 11.3 Å². The smallest absolute Gasteiger partial charge is 0.107 e. The maximum Gasteiger partial charge on any atom is 0.107 e. The number of nitrogens with one attached hydrogen (secondary N) is 1. The van der Waals surface area contributed by atoms with Crippen molar-refractivity contribution >= 4 is 11.3 Å². The van der Waals surface area contributed by atoms with Crippen LogP contribution in [0.15, 0.2) is 29.8 Å². The lowest BCUT2D eigenvalue weighted by Gasteiger charge is -2.14. The molecule has 0 spiro atoms. The molecule has 18 heavy (non-hydrogen) atoms. The van der Waals surface area contributed by atoms with Crippen LogP contribution in [0.5, 0.6) is 0 Å². The van der Waals surface area contributed by atoms with Crippen LogP contribution in [-0.4, -0.2) is 29.0 Å². The molecular weight excluding hydrogens is 244 g/mol. The van der Waals surface area contributed by atoms with Gasteiger partial charge in [-0.05, 0) is 26.2 Å². The van der Waals surface area contributed by atoms with Gasteiger partial charge in [-0.15, -0.1) is 11.3 Å². The quantitative estimate of drug-likeness (QED) is 0.863. The number of nitrogens with zero attached hydrogens (tertiary/aromatic N) is 3. The van der Waals surface area contributed by atoms with E-state index in [4.69, 9.17) is 0 Å². The minimum Gasteiger partial charge on any atom is -0.314 e. The molecule has 2 rings (SSSR count). The number of hydrogen-bond donors (Lipinski definition) is 1. The number of aromatic nitrogens is 2. The monoisotopic (exact) mass is 262 g/mol. The Morgan fingerprint density at radius 3 is 2.83 bits per heavy atom. The Labute approximate surface area is 112 Å². The number of thiazole rings is 1. The Balaban J connectivity index is 1.88. The Kier molecular flexibility index (Phi) is 4.81. The first kappa shape index (κ1) is 13.1. The van der Waals surface area contributed by atoms with Gasteiger partial charge in [0.05, 0.1) is 11.4 Å². The van der Waals surface area contributed by atoms with Crippen molar-refractivity contribution in [3.05, 3.63) is 46.2 Å². The van der Waals surface area contributed by atoms with Gasteiger partial charge in [-0.1, -0.05) is 6.07 Å². The minimum absolute atomic E-state index is 0.842. The van der Waals surface area contributed by atoms with Crippen molar-refractivity contribution in [2.24, 2.45) is 0 Å². The van der Waals surface area contributed by atoms with E-state index in [2.05, 4.69) is 32.6 Å². The molecule has 2 aromatic heterocycles. The molecule has 0 saturated carbocycles. The molecule has 2 heterocycles. The van der Waals surface area contributed by atoms with Gasteiger partial charge >= 0.3 is 0 Å². The molecule has 0 saturated heterocycles. The van der Waals surface area contributed by atoms with Gasteiger partial charge in [-0.2, -0.15) is 0 Å². The molecule has 0 aliphatic heterocycles. The molecule has 0 amide bonds. The van der Waals surface area contributed by atoms with Crippen molar-refractivity contribution in [2.45, 2.75) is 19.6 Å². The molecular formula is C13H18N4S.